The molecule has 88 valence electrons. The lowest BCUT2D eigenvalue weighted by atomic mass is 9.99. The standard InChI is InChI=1S/C11H13BrO3S/c12-6-2-4-7-3-1-5-8(16)9(7)10(13)11(14)15/h1,3,5,10,13,16H,2,4,6H2,(H,14,15). The Hall–Kier alpha value is -0.520. The van der Waals surface area contributed by atoms with Crippen LogP contribution in [0.15, 0.2) is 23.1 Å². The van der Waals surface area contributed by atoms with E-state index in [0.717, 1.165) is 23.7 Å². The molecule has 0 amide bonds. The van der Waals surface area contributed by atoms with Gasteiger partial charge in [0.2, 0.25) is 0 Å². The molecule has 0 aliphatic carbocycles. The zero-order chi connectivity index (χ0) is 12.1. The van der Waals surface area contributed by atoms with Gasteiger partial charge in [-0.05, 0) is 24.5 Å². The molecule has 0 spiro atoms. The number of aryl methyl sites for hydroxylation is 1. The Balaban J connectivity index is 3.07. The first kappa shape index (κ1) is 13.5. The topological polar surface area (TPSA) is 57.5 Å². The van der Waals surface area contributed by atoms with Crippen LogP contribution in [0, 0.1) is 0 Å². The quantitative estimate of drug-likeness (QED) is 0.578. The summed E-state index contributed by atoms with van der Waals surface area (Å²) in [4.78, 5) is 11.3. The molecule has 0 aromatic heterocycles. The van der Waals surface area contributed by atoms with Gasteiger partial charge in [0.05, 0.1) is 0 Å². The molecule has 0 saturated heterocycles. The van der Waals surface area contributed by atoms with E-state index in [2.05, 4.69) is 28.6 Å². The number of carbonyl (C=O) groups is 1. The third-order valence-electron chi connectivity index (χ3n) is 2.26. The number of aliphatic carboxylic acids is 1. The average molecular weight is 305 g/mol. The highest BCUT2D eigenvalue weighted by molar-refractivity contribution is 9.09. The number of aliphatic hydroxyl groups excluding tert-OH is 1. The number of hydrogen-bond acceptors (Lipinski definition) is 3. The van der Waals surface area contributed by atoms with Crippen LogP contribution < -0.4 is 0 Å². The summed E-state index contributed by atoms with van der Waals surface area (Å²) in [6.45, 7) is 0. The number of carboxylic acid groups (broad SMARTS) is 1. The lowest BCUT2D eigenvalue weighted by Gasteiger charge is -2.14. The largest absolute Gasteiger partial charge is 0.479 e. The molecule has 1 rings (SSSR count). The highest BCUT2D eigenvalue weighted by Gasteiger charge is 2.21. The Morgan fingerprint density at radius 1 is 1.50 bits per heavy atom. The zero-order valence-electron chi connectivity index (χ0n) is 8.56. The second kappa shape index (κ2) is 6.27. The van der Waals surface area contributed by atoms with Crippen molar-refractivity contribution in [2.45, 2.75) is 23.8 Å². The summed E-state index contributed by atoms with van der Waals surface area (Å²) in [5, 5.41) is 19.3. The maximum atomic E-state index is 10.8. The third kappa shape index (κ3) is 3.23. The predicted molar refractivity (Wildman–Crippen MR) is 68.4 cm³/mol. The van der Waals surface area contributed by atoms with Crippen molar-refractivity contribution in [3.8, 4) is 0 Å². The minimum atomic E-state index is -1.50. The molecule has 1 unspecified atom stereocenters. The maximum Gasteiger partial charge on any atom is 0.337 e. The van der Waals surface area contributed by atoms with Gasteiger partial charge in [-0.3, -0.25) is 0 Å². The molecule has 3 nitrogen and oxygen atoms in total. The highest BCUT2D eigenvalue weighted by Crippen LogP contribution is 2.26. The summed E-state index contributed by atoms with van der Waals surface area (Å²) < 4.78 is 0. The van der Waals surface area contributed by atoms with Gasteiger partial charge in [-0.25, -0.2) is 4.79 Å². The van der Waals surface area contributed by atoms with Crippen molar-refractivity contribution in [1.29, 1.82) is 0 Å². The van der Waals surface area contributed by atoms with Crippen LogP contribution in [0.1, 0.15) is 23.7 Å². The van der Waals surface area contributed by atoms with Crippen molar-refractivity contribution >= 4 is 34.5 Å². The Kier molecular flexibility index (Phi) is 5.31. The molecule has 0 heterocycles. The van der Waals surface area contributed by atoms with E-state index < -0.39 is 12.1 Å². The Morgan fingerprint density at radius 2 is 2.19 bits per heavy atom. The van der Waals surface area contributed by atoms with Crippen LogP contribution in [0.3, 0.4) is 0 Å². The summed E-state index contributed by atoms with van der Waals surface area (Å²) in [6, 6.07) is 5.32. The monoisotopic (exact) mass is 304 g/mol. The molecule has 1 aromatic rings. The van der Waals surface area contributed by atoms with Crippen LogP contribution in [0.2, 0.25) is 0 Å². The van der Waals surface area contributed by atoms with E-state index in [1.165, 1.54) is 0 Å². The van der Waals surface area contributed by atoms with E-state index in [0.29, 0.717) is 10.5 Å². The number of hydrogen-bond donors (Lipinski definition) is 3. The van der Waals surface area contributed by atoms with E-state index in [-0.39, 0.29) is 0 Å². The number of rotatable bonds is 5. The van der Waals surface area contributed by atoms with Crippen LogP contribution in [-0.4, -0.2) is 21.5 Å². The van der Waals surface area contributed by atoms with E-state index in [9.17, 15) is 9.90 Å². The summed E-state index contributed by atoms with van der Waals surface area (Å²) in [6.07, 6.45) is 0.106. The molecule has 0 saturated carbocycles. The molecule has 1 aromatic carbocycles. The van der Waals surface area contributed by atoms with Gasteiger partial charge in [-0.15, -0.1) is 12.6 Å². The van der Waals surface area contributed by atoms with Gasteiger partial charge >= 0.3 is 5.97 Å². The fourth-order valence-electron chi connectivity index (χ4n) is 1.51. The number of halogens is 1. The lowest BCUT2D eigenvalue weighted by molar-refractivity contribution is -0.147. The van der Waals surface area contributed by atoms with Crippen molar-refractivity contribution in [3.63, 3.8) is 0 Å². The minimum Gasteiger partial charge on any atom is -0.479 e. The molecule has 0 aliphatic rings. The second-order valence-electron chi connectivity index (χ2n) is 3.38. The normalized spacial score (nSPS) is 12.4. The van der Waals surface area contributed by atoms with Gasteiger partial charge in [0.1, 0.15) is 0 Å². The van der Waals surface area contributed by atoms with E-state index in [1.54, 1.807) is 6.07 Å². The van der Waals surface area contributed by atoms with Gasteiger partial charge < -0.3 is 10.2 Å². The molecule has 0 aliphatic heterocycles. The molecule has 0 fully saturated rings. The fraction of sp³-hybridized carbons (Fsp3) is 0.364. The van der Waals surface area contributed by atoms with E-state index in [4.69, 9.17) is 5.11 Å². The Labute approximate surface area is 108 Å². The number of aliphatic hydroxyl groups is 1. The van der Waals surface area contributed by atoms with Crippen molar-refractivity contribution in [2.24, 2.45) is 0 Å². The molecular weight excluding hydrogens is 292 g/mol. The van der Waals surface area contributed by atoms with Crippen LogP contribution in [-0.2, 0) is 11.2 Å². The van der Waals surface area contributed by atoms with Gasteiger partial charge in [0, 0.05) is 15.8 Å². The molecule has 1 atom stereocenters. The molecular formula is C11H13BrO3S. The number of thiol groups is 1. The van der Waals surface area contributed by atoms with Crippen molar-refractivity contribution in [1.82, 2.24) is 0 Å². The van der Waals surface area contributed by atoms with Gasteiger partial charge in [-0.2, -0.15) is 0 Å². The third-order valence-corrected chi connectivity index (χ3v) is 3.21. The summed E-state index contributed by atoms with van der Waals surface area (Å²) >= 11 is 7.51. The molecule has 0 bridgehead atoms. The summed E-state index contributed by atoms with van der Waals surface area (Å²) in [7, 11) is 0. The Morgan fingerprint density at radius 3 is 2.75 bits per heavy atom. The van der Waals surface area contributed by atoms with Gasteiger partial charge in [0.25, 0.3) is 0 Å². The minimum absolute atomic E-state index is 0.402. The van der Waals surface area contributed by atoms with Crippen molar-refractivity contribution in [2.75, 3.05) is 5.33 Å². The first-order valence-electron chi connectivity index (χ1n) is 4.85. The number of carboxylic acids is 1. The first-order chi connectivity index (χ1) is 7.57. The highest BCUT2D eigenvalue weighted by atomic mass is 79.9. The van der Waals surface area contributed by atoms with Crippen molar-refractivity contribution < 1.29 is 15.0 Å². The molecule has 0 radical (unpaired) electrons. The fourth-order valence-corrected chi connectivity index (χ4v) is 2.15. The van der Waals surface area contributed by atoms with Crippen LogP contribution in [0.4, 0.5) is 0 Å². The van der Waals surface area contributed by atoms with E-state index >= 15 is 0 Å². The van der Waals surface area contributed by atoms with Gasteiger partial charge in [-0.1, -0.05) is 28.1 Å². The first-order valence-corrected chi connectivity index (χ1v) is 6.42. The smallest absolute Gasteiger partial charge is 0.337 e. The molecule has 2 N–H and O–H groups in total. The van der Waals surface area contributed by atoms with Crippen LogP contribution in [0.5, 0.6) is 0 Å². The zero-order valence-corrected chi connectivity index (χ0v) is 11.0. The predicted octanol–water partition coefficient (Wildman–Crippen LogP) is 2.42. The van der Waals surface area contributed by atoms with Gasteiger partial charge in [0.15, 0.2) is 6.10 Å². The summed E-state index contributed by atoms with van der Waals surface area (Å²) in [5.74, 6) is -1.25. The van der Waals surface area contributed by atoms with Crippen LogP contribution in [0.25, 0.3) is 0 Å². The Bertz CT molecular complexity index is 381. The van der Waals surface area contributed by atoms with Crippen LogP contribution >= 0.6 is 28.6 Å². The second-order valence-corrected chi connectivity index (χ2v) is 4.66. The average Bonchev–Trinajstić information content (AvgIpc) is 2.25. The molecule has 16 heavy (non-hydrogen) atoms. The lowest BCUT2D eigenvalue weighted by Crippen LogP contribution is -2.13. The number of benzene rings is 1. The van der Waals surface area contributed by atoms with E-state index in [1.807, 2.05) is 12.1 Å². The molecule has 5 heteroatoms. The number of alkyl halides is 1. The summed E-state index contributed by atoms with van der Waals surface area (Å²) in [5.41, 5.74) is 1.24. The SMILES string of the molecule is O=C(O)C(O)c1c(S)cccc1CCCBr. The maximum absolute atomic E-state index is 10.8. The van der Waals surface area contributed by atoms with Crippen molar-refractivity contribution in [3.05, 3.63) is 29.3 Å².